The van der Waals surface area contributed by atoms with Crippen molar-refractivity contribution in [2.75, 3.05) is 6.54 Å². The van der Waals surface area contributed by atoms with Crippen LogP contribution in [0.5, 0.6) is 0 Å². The van der Waals surface area contributed by atoms with Crippen molar-refractivity contribution in [3.63, 3.8) is 0 Å². The minimum atomic E-state index is 0.665. The lowest BCUT2D eigenvalue weighted by Gasteiger charge is -2.19. The van der Waals surface area contributed by atoms with Crippen LogP contribution in [0.1, 0.15) is 43.9 Å². The maximum absolute atomic E-state index is 3.73. The molecular weight excluding hydrogens is 202 g/mol. The lowest BCUT2D eigenvalue weighted by Crippen LogP contribution is -2.33. The molecule has 1 nitrogen and oxygen atoms in total. The van der Waals surface area contributed by atoms with Crippen LogP contribution in [0.15, 0.2) is 17.5 Å². The van der Waals surface area contributed by atoms with Crippen molar-refractivity contribution < 1.29 is 0 Å². The second-order valence-electron chi connectivity index (χ2n) is 4.68. The molecule has 0 amide bonds. The van der Waals surface area contributed by atoms with Crippen molar-refractivity contribution in [2.45, 2.75) is 45.1 Å². The molecule has 2 unspecified atom stereocenters. The third-order valence-electron chi connectivity index (χ3n) is 3.35. The molecule has 0 aliphatic heterocycles. The smallest absolute Gasteiger partial charge is 0.00929 e. The predicted molar refractivity (Wildman–Crippen MR) is 67.5 cm³/mol. The summed E-state index contributed by atoms with van der Waals surface area (Å²) in [6.07, 6.45) is 4.17. The van der Waals surface area contributed by atoms with E-state index in [0.717, 1.165) is 18.5 Å². The molecule has 1 N–H and O–H groups in total. The lowest BCUT2D eigenvalue weighted by atomic mass is 10.1. The zero-order chi connectivity index (χ0) is 10.7. The highest BCUT2D eigenvalue weighted by molar-refractivity contribution is 7.10. The molecule has 0 bridgehead atoms. The van der Waals surface area contributed by atoms with Crippen LogP contribution in [0, 0.1) is 5.92 Å². The van der Waals surface area contributed by atoms with Gasteiger partial charge in [-0.1, -0.05) is 19.9 Å². The topological polar surface area (TPSA) is 12.0 Å². The van der Waals surface area contributed by atoms with Gasteiger partial charge in [0.25, 0.3) is 0 Å². The van der Waals surface area contributed by atoms with Gasteiger partial charge in [-0.25, -0.2) is 0 Å². The maximum Gasteiger partial charge on any atom is 0.00929 e. The van der Waals surface area contributed by atoms with Crippen LogP contribution in [0.25, 0.3) is 0 Å². The third kappa shape index (κ3) is 3.05. The van der Waals surface area contributed by atoms with E-state index in [2.05, 4.69) is 36.7 Å². The van der Waals surface area contributed by atoms with E-state index in [1.807, 2.05) is 11.3 Å². The number of rotatable bonds is 6. The molecule has 1 aliphatic carbocycles. The quantitative estimate of drug-likeness (QED) is 0.776. The molecule has 0 aromatic carbocycles. The fourth-order valence-electron chi connectivity index (χ4n) is 2.14. The first-order valence-electron chi connectivity index (χ1n) is 6.08. The molecule has 1 saturated carbocycles. The number of nitrogens with one attached hydrogen (secondary N) is 1. The second-order valence-corrected chi connectivity index (χ2v) is 5.66. The van der Waals surface area contributed by atoms with Crippen LogP contribution in [0.4, 0.5) is 0 Å². The largest absolute Gasteiger partial charge is 0.313 e. The first kappa shape index (κ1) is 11.2. The van der Waals surface area contributed by atoms with Gasteiger partial charge >= 0.3 is 0 Å². The summed E-state index contributed by atoms with van der Waals surface area (Å²) >= 11 is 1.87. The normalized spacial score (nSPS) is 20.1. The van der Waals surface area contributed by atoms with Gasteiger partial charge in [-0.2, -0.15) is 0 Å². The summed E-state index contributed by atoms with van der Waals surface area (Å²) in [6, 6.07) is 5.16. The van der Waals surface area contributed by atoms with Gasteiger partial charge in [0.2, 0.25) is 0 Å². The van der Waals surface area contributed by atoms with Crippen LogP contribution >= 0.6 is 11.3 Å². The van der Waals surface area contributed by atoms with Crippen molar-refractivity contribution in [1.82, 2.24) is 5.32 Å². The van der Waals surface area contributed by atoms with E-state index in [4.69, 9.17) is 0 Å². The molecule has 84 valence electrons. The number of hydrogen-bond acceptors (Lipinski definition) is 2. The highest BCUT2D eigenvalue weighted by Gasteiger charge is 2.29. The van der Waals surface area contributed by atoms with Crippen molar-refractivity contribution >= 4 is 11.3 Å². The van der Waals surface area contributed by atoms with E-state index in [9.17, 15) is 0 Å². The van der Waals surface area contributed by atoms with Crippen molar-refractivity contribution in [3.05, 3.63) is 22.4 Å². The molecule has 1 fully saturated rings. The van der Waals surface area contributed by atoms with Gasteiger partial charge in [0.05, 0.1) is 0 Å². The second kappa shape index (κ2) is 5.13. The molecule has 1 aliphatic rings. The third-order valence-corrected chi connectivity index (χ3v) is 4.45. The number of hydrogen-bond donors (Lipinski definition) is 1. The monoisotopic (exact) mass is 223 g/mol. The molecule has 0 spiro atoms. The zero-order valence-electron chi connectivity index (χ0n) is 9.70. The summed E-state index contributed by atoms with van der Waals surface area (Å²) in [5, 5.41) is 5.90. The van der Waals surface area contributed by atoms with Crippen LogP contribution in [-0.2, 0) is 0 Å². The van der Waals surface area contributed by atoms with Gasteiger partial charge < -0.3 is 5.32 Å². The highest BCUT2D eigenvalue weighted by atomic mass is 32.1. The molecule has 2 rings (SSSR count). The van der Waals surface area contributed by atoms with Gasteiger partial charge in [0.1, 0.15) is 0 Å². The van der Waals surface area contributed by atoms with Crippen molar-refractivity contribution in [2.24, 2.45) is 5.92 Å². The summed E-state index contributed by atoms with van der Waals surface area (Å²) in [7, 11) is 0. The Hall–Kier alpha value is -0.340. The number of thiophene rings is 1. The Kier molecular flexibility index (Phi) is 3.81. The lowest BCUT2D eigenvalue weighted by molar-refractivity contribution is 0.438. The average molecular weight is 223 g/mol. The van der Waals surface area contributed by atoms with E-state index in [1.165, 1.54) is 24.1 Å². The van der Waals surface area contributed by atoms with E-state index in [-0.39, 0.29) is 0 Å². The average Bonchev–Trinajstić information content (AvgIpc) is 2.94. The van der Waals surface area contributed by atoms with Crippen LogP contribution in [0.3, 0.4) is 0 Å². The molecule has 1 aromatic rings. The van der Waals surface area contributed by atoms with E-state index in [0.29, 0.717) is 5.92 Å². The Balaban J connectivity index is 1.76. The van der Waals surface area contributed by atoms with Crippen molar-refractivity contribution in [1.29, 1.82) is 0 Å². The molecule has 0 radical (unpaired) electrons. The van der Waals surface area contributed by atoms with Gasteiger partial charge in [0.15, 0.2) is 0 Å². The maximum atomic E-state index is 3.73. The van der Waals surface area contributed by atoms with Crippen LogP contribution in [-0.4, -0.2) is 12.6 Å². The summed E-state index contributed by atoms with van der Waals surface area (Å²) in [6.45, 7) is 5.75. The van der Waals surface area contributed by atoms with Crippen LogP contribution < -0.4 is 5.32 Å². The Labute approximate surface area is 96.9 Å². The van der Waals surface area contributed by atoms with Gasteiger partial charge in [-0.15, -0.1) is 11.3 Å². The summed E-state index contributed by atoms with van der Waals surface area (Å²) in [5.41, 5.74) is 0. The predicted octanol–water partition coefficient (Wildman–Crippen LogP) is 3.63. The Bertz CT molecular complexity index is 277. The minimum absolute atomic E-state index is 0.665. The van der Waals surface area contributed by atoms with E-state index in [1.54, 1.807) is 0 Å². The summed E-state index contributed by atoms with van der Waals surface area (Å²) in [4.78, 5) is 1.51. The van der Waals surface area contributed by atoms with Crippen molar-refractivity contribution in [3.8, 4) is 0 Å². The molecule has 15 heavy (non-hydrogen) atoms. The van der Waals surface area contributed by atoms with Gasteiger partial charge in [-0.05, 0) is 36.6 Å². The first-order valence-corrected chi connectivity index (χ1v) is 6.96. The summed E-state index contributed by atoms with van der Waals surface area (Å²) < 4.78 is 0. The van der Waals surface area contributed by atoms with Gasteiger partial charge in [-0.3, -0.25) is 0 Å². The Morgan fingerprint density at radius 2 is 2.33 bits per heavy atom. The fraction of sp³-hybridized carbons (Fsp3) is 0.692. The van der Waals surface area contributed by atoms with Crippen LogP contribution in [0.2, 0.25) is 0 Å². The summed E-state index contributed by atoms with van der Waals surface area (Å²) in [5.74, 6) is 1.64. The molecule has 2 heteroatoms. The Morgan fingerprint density at radius 1 is 1.53 bits per heavy atom. The molecule has 2 atom stereocenters. The highest BCUT2D eigenvalue weighted by Crippen LogP contribution is 2.34. The van der Waals surface area contributed by atoms with Gasteiger partial charge in [0, 0.05) is 23.4 Å². The SMILES string of the molecule is CCC(NCC(C)c1cccs1)C1CC1. The first-order chi connectivity index (χ1) is 7.31. The van der Waals surface area contributed by atoms with E-state index < -0.39 is 0 Å². The molecule has 1 heterocycles. The minimum Gasteiger partial charge on any atom is -0.313 e. The fourth-order valence-corrected chi connectivity index (χ4v) is 2.93. The molecule has 0 saturated heterocycles. The Morgan fingerprint density at radius 3 is 2.87 bits per heavy atom. The zero-order valence-corrected chi connectivity index (χ0v) is 10.5. The molecule has 1 aromatic heterocycles. The van der Waals surface area contributed by atoms with E-state index >= 15 is 0 Å². The molecular formula is C13H21NS. The standard InChI is InChI=1S/C13H21NS/c1-3-12(11-6-7-11)14-9-10(2)13-5-4-8-15-13/h4-5,8,10-12,14H,3,6-7,9H2,1-2H3.